The van der Waals surface area contributed by atoms with Gasteiger partial charge in [0.2, 0.25) is 0 Å². The fourth-order valence-corrected chi connectivity index (χ4v) is 3.26. The molecule has 4 aromatic rings. The van der Waals surface area contributed by atoms with Gasteiger partial charge in [-0.1, -0.05) is 48.5 Å². The summed E-state index contributed by atoms with van der Waals surface area (Å²) in [4.78, 5) is 37.3. The Bertz CT molecular complexity index is 1310. The molecule has 154 valence electrons. The molecule has 2 N–H and O–H groups in total. The Balaban J connectivity index is 1.50. The van der Waals surface area contributed by atoms with E-state index in [9.17, 15) is 14.4 Å². The Labute approximate surface area is 178 Å². The molecule has 1 heterocycles. The molecule has 6 heteroatoms. The second-order valence-electron chi connectivity index (χ2n) is 7.13. The van der Waals surface area contributed by atoms with Gasteiger partial charge in [-0.05, 0) is 48.9 Å². The van der Waals surface area contributed by atoms with Gasteiger partial charge in [-0.3, -0.25) is 9.59 Å². The van der Waals surface area contributed by atoms with Gasteiger partial charge >= 0.3 is 5.63 Å². The van der Waals surface area contributed by atoms with Crippen molar-refractivity contribution in [2.24, 2.45) is 0 Å². The molecule has 0 fully saturated rings. The first-order valence-corrected chi connectivity index (χ1v) is 9.81. The zero-order valence-electron chi connectivity index (χ0n) is 16.8. The van der Waals surface area contributed by atoms with Gasteiger partial charge in [-0.15, -0.1) is 0 Å². The van der Waals surface area contributed by atoms with Crippen LogP contribution >= 0.6 is 0 Å². The van der Waals surface area contributed by atoms with E-state index in [0.717, 1.165) is 5.56 Å². The fourth-order valence-electron chi connectivity index (χ4n) is 3.26. The molecule has 0 bridgehead atoms. The molecular formula is C25H20N2O4. The summed E-state index contributed by atoms with van der Waals surface area (Å²) in [6.45, 7) is 1.80. The number of amides is 2. The molecule has 4 rings (SSSR count). The van der Waals surface area contributed by atoms with Crippen LogP contribution in [-0.4, -0.2) is 11.8 Å². The Morgan fingerprint density at radius 2 is 1.58 bits per heavy atom. The van der Waals surface area contributed by atoms with Crippen molar-refractivity contribution < 1.29 is 14.0 Å². The normalized spacial score (nSPS) is 11.6. The molecule has 1 aromatic heterocycles. The maximum Gasteiger partial charge on any atom is 0.349 e. The van der Waals surface area contributed by atoms with E-state index in [1.165, 1.54) is 6.07 Å². The third-order valence-electron chi connectivity index (χ3n) is 4.91. The minimum absolute atomic E-state index is 0.0564. The number of hydrogen-bond donors (Lipinski definition) is 2. The van der Waals surface area contributed by atoms with Crippen LogP contribution in [0.25, 0.3) is 11.0 Å². The highest BCUT2D eigenvalue weighted by atomic mass is 16.4. The third-order valence-corrected chi connectivity index (χ3v) is 4.91. The molecule has 0 aliphatic carbocycles. The van der Waals surface area contributed by atoms with Crippen LogP contribution in [0.4, 0.5) is 5.69 Å². The van der Waals surface area contributed by atoms with Crippen LogP contribution in [0.3, 0.4) is 0 Å². The van der Waals surface area contributed by atoms with Crippen molar-refractivity contribution in [3.8, 4) is 0 Å². The smallest absolute Gasteiger partial charge is 0.349 e. The summed E-state index contributed by atoms with van der Waals surface area (Å²) in [6.07, 6.45) is 0. The molecule has 0 aliphatic rings. The lowest BCUT2D eigenvalue weighted by molar-refractivity contribution is 0.0935. The number of rotatable bonds is 5. The second kappa shape index (κ2) is 8.67. The van der Waals surface area contributed by atoms with E-state index in [4.69, 9.17) is 4.42 Å². The van der Waals surface area contributed by atoms with Crippen molar-refractivity contribution in [2.45, 2.75) is 13.0 Å². The standard InChI is InChI=1S/C25H20N2O4/c1-16(26-24(29)21-15-19-10-5-6-13-22(19)31-25(21)30)18-11-7-12-20(14-18)27-23(28)17-8-3-2-4-9-17/h2-16H,1H3,(H,26,29)(H,27,28). The summed E-state index contributed by atoms with van der Waals surface area (Å²) in [5.41, 5.74) is 1.63. The topological polar surface area (TPSA) is 88.4 Å². The minimum atomic E-state index is -0.688. The Hall–Kier alpha value is -4.19. The third kappa shape index (κ3) is 4.53. The molecule has 6 nitrogen and oxygen atoms in total. The SMILES string of the molecule is CC(NC(=O)c1cc2ccccc2oc1=O)c1cccc(NC(=O)c2ccccc2)c1. The van der Waals surface area contributed by atoms with Crippen LogP contribution < -0.4 is 16.3 Å². The maximum atomic E-state index is 12.7. The lowest BCUT2D eigenvalue weighted by Gasteiger charge is -2.15. The average molecular weight is 412 g/mol. The van der Waals surface area contributed by atoms with Crippen LogP contribution in [0.15, 0.2) is 94.1 Å². The summed E-state index contributed by atoms with van der Waals surface area (Å²) >= 11 is 0. The summed E-state index contributed by atoms with van der Waals surface area (Å²) in [5.74, 6) is -0.742. The van der Waals surface area contributed by atoms with Crippen molar-refractivity contribution in [1.29, 1.82) is 0 Å². The van der Waals surface area contributed by atoms with Crippen LogP contribution in [0, 0.1) is 0 Å². The van der Waals surface area contributed by atoms with E-state index in [0.29, 0.717) is 22.2 Å². The average Bonchev–Trinajstić information content (AvgIpc) is 2.79. The number of benzene rings is 3. The van der Waals surface area contributed by atoms with Crippen LogP contribution in [-0.2, 0) is 0 Å². The zero-order chi connectivity index (χ0) is 21.8. The number of carbonyl (C=O) groups excluding carboxylic acids is 2. The van der Waals surface area contributed by atoms with Gasteiger partial charge in [0.05, 0.1) is 6.04 Å². The lowest BCUT2D eigenvalue weighted by Crippen LogP contribution is -2.30. The number of fused-ring (bicyclic) bond motifs is 1. The predicted octanol–water partition coefficient (Wildman–Crippen LogP) is 4.54. The van der Waals surface area contributed by atoms with E-state index >= 15 is 0 Å². The van der Waals surface area contributed by atoms with Gasteiger partial charge in [-0.2, -0.15) is 0 Å². The van der Waals surface area contributed by atoms with Crippen molar-refractivity contribution >= 4 is 28.5 Å². The van der Waals surface area contributed by atoms with Gasteiger partial charge < -0.3 is 15.1 Å². The quantitative estimate of drug-likeness (QED) is 0.471. The number of para-hydroxylation sites is 1. The van der Waals surface area contributed by atoms with Crippen molar-refractivity contribution in [1.82, 2.24) is 5.32 Å². The number of carbonyl (C=O) groups is 2. The first-order valence-electron chi connectivity index (χ1n) is 9.81. The molecule has 31 heavy (non-hydrogen) atoms. The number of anilines is 1. The van der Waals surface area contributed by atoms with Crippen molar-refractivity contribution in [3.05, 3.63) is 112 Å². The van der Waals surface area contributed by atoms with Gasteiger partial charge in [0.1, 0.15) is 11.1 Å². The Morgan fingerprint density at radius 1 is 0.839 bits per heavy atom. The van der Waals surface area contributed by atoms with E-state index in [1.807, 2.05) is 18.2 Å². The van der Waals surface area contributed by atoms with Crippen LogP contribution in [0.2, 0.25) is 0 Å². The molecule has 0 radical (unpaired) electrons. The molecule has 0 saturated carbocycles. The van der Waals surface area contributed by atoms with Crippen molar-refractivity contribution in [2.75, 3.05) is 5.32 Å². The summed E-state index contributed by atoms with van der Waals surface area (Å²) in [7, 11) is 0. The second-order valence-corrected chi connectivity index (χ2v) is 7.13. The molecule has 0 aliphatic heterocycles. The highest BCUT2D eigenvalue weighted by Gasteiger charge is 2.17. The fraction of sp³-hybridized carbons (Fsp3) is 0.0800. The van der Waals surface area contributed by atoms with Crippen molar-refractivity contribution in [3.63, 3.8) is 0 Å². The molecule has 1 atom stereocenters. The first kappa shape index (κ1) is 20.1. The molecule has 2 amide bonds. The lowest BCUT2D eigenvalue weighted by atomic mass is 10.1. The van der Waals surface area contributed by atoms with Gasteiger partial charge in [-0.25, -0.2) is 4.79 Å². The Kier molecular flexibility index (Phi) is 5.62. The van der Waals surface area contributed by atoms with E-state index in [-0.39, 0.29) is 11.5 Å². The van der Waals surface area contributed by atoms with E-state index in [1.54, 1.807) is 67.6 Å². The molecule has 0 saturated heterocycles. The van der Waals surface area contributed by atoms with Crippen LogP contribution in [0.1, 0.15) is 39.2 Å². The van der Waals surface area contributed by atoms with Crippen LogP contribution in [0.5, 0.6) is 0 Å². The monoisotopic (exact) mass is 412 g/mol. The molecular weight excluding hydrogens is 392 g/mol. The van der Waals surface area contributed by atoms with Gasteiger partial charge in [0, 0.05) is 16.6 Å². The predicted molar refractivity (Wildman–Crippen MR) is 119 cm³/mol. The van der Waals surface area contributed by atoms with E-state index < -0.39 is 17.6 Å². The van der Waals surface area contributed by atoms with Gasteiger partial charge in [0.25, 0.3) is 11.8 Å². The Morgan fingerprint density at radius 3 is 2.39 bits per heavy atom. The molecule has 3 aromatic carbocycles. The highest BCUT2D eigenvalue weighted by Crippen LogP contribution is 2.19. The zero-order valence-corrected chi connectivity index (χ0v) is 16.8. The maximum absolute atomic E-state index is 12.7. The van der Waals surface area contributed by atoms with E-state index in [2.05, 4.69) is 10.6 Å². The highest BCUT2D eigenvalue weighted by molar-refractivity contribution is 6.04. The summed E-state index contributed by atoms with van der Waals surface area (Å²) < 4.78 is 5.24. The molecule has 1 unspecified atom stereocenters. The molecule has 0 spiro atoms. The number of nitrogens with one attached hydrogen (secondary N) is 2. The first-order chi connectivity index (χ1) is 15.0. The van der Waals surface area contributed by atoms with Gasteiger partial charge in [0.15, 0.2) is 0 Å². The largest absolute Gasteiger partial charge is 0.422 e. The number of hydrogen-bond acceptors (Lipinski definition) is 4. The summed E-state index contributed by atoms with van der Waals surface area (Å²) in [6, 6.07) is 24.3. The minimum Gasteiger partial charge on any atom is -0.422 e. The summed E-state index contributed by atoms with van der Waals surface area (Å²) in [5, 5.41) is 6.34.